The molecule has 100 valence electrons. The van der Waals surface area contributed by atoms with Gasteiger partial charge in [0.05, 0.1) is 6.33 Å². The third kappa shape index (κ3) is 2.85. The molecule has 1 saturated heterocycles. The third-order valence-electron chi connectivity index (χ3n) is 3.83. The summed E-state index contributed by atoms with van der Waals surface area (Å²) in [7, 11) is 0. The van der Waals surface area contributed by atoms with Crippen LogP contribution in [0.1, 0.15) is 18.9 Å². The van der Waals surface area contributed by atoms with Crippen LogP contribution in [0.5, 0.6) is 0 Å². The number of nitrogens with zero attached hydrogens (tertiary/aromatic N) is 2. The van der Waals surface area contributed by atoms with Crippen LogP contribution in [0.25, 0.3) is 5.69 Å². The van der Waals surface area contributed by atoms with Crippen LogP contribution in [0.2, 0.25) is 0 Å². The van der Waals surface area contributed by atoms with E-state index in [2.05, 4.69) is 46.8 Å². The van der Waals surface area contributed by atoms with E-state index in [0.29, 0.717) is 0 Å². The van der Waals surface area contributed by atoms with Crippen molar-refractivity contribution in [3.8, 4) is 5.69 Å². The quantitative estimate of drug-likeness (QED) is 0.875. The SMILES string of the molecule is CC1(NCc2ccc(-n3ccnc3)cc2)CCNC1. The van der Waals surface area contributed by atoms with Crippen LogP contribution in [-0.4, -0.2) is 28.2 Å². The Kier molecular flexibility index (Phi) is 3.36. The van der Waals surface area contributed by atoms with E-state index in [1.807, 2.05) is 17.1 Å². The Labute approximate surface area is 113 Å². The van der Waals surface area contributed by atoms with Crippen LogP contribution in [-0.2, 0) is 6.54 Å². The minimum Gasteiger partial charge on any atom is -0.315 e. The highest BCUT2D eigenvalue weighted by molar-refractivity contribution is 5.34. The van der Waals surface area contributed by atoms with E-state index in [0.717, 1.165) is 25.3 Å². The molecule has 4 nitrogen and oxygen atoms in total. The average Bonchev–Trinajstić information content (AvgIpc) is 3.09. The molecule has 0 radical (unpaired) electrons. The maximum absolute atomic E-state index is 4.06. The highest BCUT2D eigenvalue weighted by Gasteiger charge is 2.27. The van der Waals surface area contributed by atoms with E-state index in [-0.39, 0.29) is 5.54 Å². The van der Waals surface area contributed by atoms with Crippen molar-refractivity contribution in [3.63, 3.8) is 0 Å². The molecular formula is C15H20N4. The Morgan fingerprint density at radius 2 is 2.21 bits per heavy atom. The molecule has 0 spiro atoms. The summed E-state index contributed by atoms with van der Waals surface area (Å²) >= 11 is 0. The van der Waals surface area contributed by atoms with E-state index in [1.165, 1.54) is 12.0 Å². The van der Waals surface area contributed by atoms with Gasteiger partial charge in [0.1, 0.15) is 0 Å². The normalized spacial score (nSPS) is 22.8. The highest BCUT2D eigenvalue weighted by Crippen LogP contribution is 2.15. The lowest BCUT2D eigenvalue weighted by Crippen LogP contribution is -2.43. The monoisotopic (exact) mass is 256 g/mol. The molecule has 3 rings (SSSR count). The van der Waals surface area contributed by atoms with Crippen molar-refractivity contribution in [2.75, 3.05) is 13.1 Å². The van der Waals surface area contributed by atoms with Crippen LogP contribution < -0.4 is 10.6 Å². The summed E-state index contributed by atoms with van der Waals surface area (Å²) in [5.74, 6) is 0. The smallest absolute Gasteiger partial charge is 0.0991 e. The molecule has 1 aromatic heterocycles. The van der Waals surface area contributed by atoms with Crippen molar-refractivity contribution >= 4 is 0 Å². The topological polar surface area (TPSA) is 41.9 Å². The van der Waals surface area contributed by atoms with E-state index in [1.54, 1.807) is 6.20 Å². The lowest BCUT2D eigenvalue weighted by atomic mass is 10.0. The summed E-state index contributed by atoms with van der Waals surface area (Å²) < 4.78 is 2.01. The maximum atomic E-state index is 4.06. The molecule has 0 saturated carbocycles. The van der Waals surface area contributed by atoms with Gasteiger partial charge in [-0.25, -0.2) is 4.98 Å². The lowest BCUT2D eigenvalue weighted by Gasteiger charge is -2.24. The molecule has 2 heterocycles. The second-order valence-corrected chi connectivity index (χ2v) is 5.48. The predicted molar refractivity (Wildman–Crippen MR) is 76.3 cm³/mol. The number of imidazole rings is 1. The molecule has 1 aliphatic heterocycles. The van der Waals surface area contributed by atoms with Crippen molar-refractivity contribution in [2.24, 2.45) is 0 Å². The number of nitrogens with one attached hydrogen (secondary N) is 2. The van der Waals surface area contributed by atoms with Crippen LogP contribution in [0.4, 0.5) is 0 Å². The van der Waals surface area contributed by atoms with E-state index in [9.17, 15) is 0 Å². The van der Waals surface area contributed by atoms with Gasteiger partial charge in [-0.1, -0.05) is 12.1 Å². The summed E-state index contributed by atoms with van der Waals surface area (Å²) in [6.07, 6.45) is 6.76. The van der Waals surface area contributed by atoms with Gasteiger partial charge < -0.3 is 15.2 Å². The minimum absolute atomic E-state index is 0.239. The Hall–Kier alpha value is -1.65. The number of aromatic nitrogens is 2. The lowest BCUT2D eigenvalue weighted by molar-refractivity contribution is 0.386. The summed E-state index contributed by atoms with van der Waals surface area (Å²) in [5, 5.41) is 7.05. The van der Waals surface area contributed by atoms with Crippen LogP contribution in [0.3, 0.4) is 0 Å². The second kappa shape index (κ2) is 5.15. The standard InChI is InChI=1S/C15H20N4/c1-15(6-7-16-11-15)18-10-13-2-4-14(5-3-13)19-9-8-17-12-19/h2-5,8-9,12,16,18H,6-7,10-11H2,1H3. The molecule has 0 amide bonds. The molecule has 0 bridgehead atoms. The van der Waals surface area contributed by atoms with Gasteiger partial charge in [0.2, 0.25) is 0 Å². The maximum Gasteiger partial charge on any atom is 0.0991 e. The van der Waals surface area contributed by atoms with Gasteiger partial charge in [-0.05, 0) is 37.6 Å². The second-order valence-electron chi connectivity index (χ2n) is 5.48. The summed E-state index contributed by atoms with van der Waals surface area (Å²) in [6, 6.07) is 8.62. The van der Waals surface area contributed by atoms with Crippen LogP contribution >= 0.6 is 0 Å². The zero-order chi connectivity index (χ0) is 13.1. The minimum atomic E-state index is 0.239. The number of hydrogen-bond donors (Lipinski definition) is 2. The molecule has 0 aliphatic carbocycles. The number of rotatable bonds is 4. The number of hydrogen-bond acceptors (Lipinski definition) is 3. The molecule has 1 unspecified atom stereocenters. The predicted octanol–water partition coefficient (Wildman–Crippen LogP) is 1.71. The first kappa shape index (κ1) is 12.4. The van der Waals surface area contributed by atoms with Crippen molar-refractivity contribution in [2.45, 2.75) is 25.4 Å². The summed E-state index contributed by atoms with van der Waals surface area (Å²) in [6.45, 7) is 5.37. The van der Waals surface area contributed by atoms with Crippen molar-refractivity contribution < 1.29 is 0 Å². The molecule has 2 aromatic rings. The van der Waals surface area contributed by atoms with Gasteiger partial charge in [0.25, 0.3) is 0 Å². The van der Waals surface area contributed by atoms with Gasteiger partial charge in [-0.3, -0.25) is 0 Å². The molecule has 1 fully saturated rings. The molecule has 19 heavy (non-hydrogen) atoms. The molecule has 1 atom stereocenters. The van der Waals surface area contributed by atoms with E-state index in [4.69, 9.17) is 0 Å². The van der Waals surface area contributed by atoms with Crippen LogP contribution in [0.15, 0.2) is 43.0 Å². The Morgan fingerprint density at radius 3 is 2.84 bits per heavy atom. The van der Waals surface area contributed by atoms with Crippen LogP contribution in [0, 0.1) is 0 Å². The van der Waals surface area contributed by atoms with Gasteiger partial charge >= 0.3 is 0 Å². The first-order chi connectivity index (χ1) is 9.25. The van der Waals surface area contributed by atoms with E-state index < -0.39 is 0 Å². The van der Waals surface area contributed by atoms with Crippen molar-refractivity contribution in [1.29, 1.82) is 0 Å². The fourth-order valence-corrected chi connectivity index (χ4v) is 2.48. The van der Waals surface area contributed by atoms with Crippen molar-refractivity contribution in [1.82, 2.24) is 20.2 Å². The first-order valence-electron chi connectivity index (χ1n) is 6.78. The average molecular weight is 256 g/mol. The Bertz CT molecular complexity index is 510. The molecule has 1 aromatic carbocycles. The Morgan fingerprint density at radius 1 is 1.37 bits per heavy atom. The van der Waals surface area contributed by atoms with Gasteiger partial charge in [0, 0.05) is 36.7 Å². The van der Waals surface area contributed by atoms with Gasteiger partial charge in [0.15, 0.2) is 0 Å². The zero-order valence-corrected chi connectivity index (χ0v) is 11.3. The van der Waals surface area contributed by atoms with Gasteiger partial charge in [-0.2, -0.15) is 0 Å². The first-order valence-corrected chi connectivity index (χ1v) is 6.78. The fourth-order valence-electron chi connectivity index (χ4n) is 2.48. The molecular weight excluding hydrogens is 236 g/mol. The Balaban J connectivity index is 1.63. The highest BCUT2D eigenvalue weighted by atomic mass is 15.1. The van der Waals surface area contributed by atoms with E-state index >= 15 is 0 Å². The zero-order valence-electron chi connectivity index (χ0n) is 11.3. The summed E-state index contributed by atoms with van der Waals surface area (Å²) in [4.78, 5) is 4.06. The number of benzene rings is 1. The van der Waals surface area contributed by atoms with Gasteiger partial charge in [-0.15, -0.1) is 0 Å². The largest absolute Gasteiger partial charge is 0.315 e. The molecule has 2 N–H and O–H groups in total. The van der Waals surface area contributed by atoms with Crippen molar-refractivity contribution in [3.05, 3.63) is 48.5 Å². The fraction of sp³-hybridized carbons (Fsp3) is 0.400. The molecule has 1 aliphatic rings. The molecule has 4 heteroatoms. The third-order valence-corrected chi connectivity index (χ3v) is 3.83. The summed E-state index contributed by atoms with van der Waals surface area (Å²) in [5.41, 5.74) is 2.70.